The molecule has 1 atom stereocenters. The van der Waals surface area contributed by atoms with Gasteiger partial charge in [-0.1, -0.05) is 0 Å². The second-order valence-electron chi connectivity index (χ2n) is 5.80. The number of rotatable bonds is 3. The maximum atomic E-state index is 12.7. The first-order valence-electron chi connectivity index (χ1n) is 7.86. The Hall–Kier alpha value is -2.83. The van der Waals surface area contributed by atoms with Crippen molar-refractivity contribution in [3.8, 4) is 17.0 Å². The molecule has 7 heteroatoms. The topological polar surface area (TPSA) is 87.3 Å². The van der Waals surface area contributed by atoms with Gasteiger partial charge in [0.2, 0.25) is 5.91 Å². The lowest BCUT2D eigenvalue weighted by atomic mass is 10.1. The number of hydrogen-bond donors (Lipinski definition) is 2. The highest BCUT2D eigenvalue weighted by Gasteiger charge is 2.26. The average Bonchev–Trinajstić information content (AvgIpc) is 3.03. The summed E-state index contributed by atoms with van der Waals surface area (Å²) >= 11 is 0. The van der Waals surface area contributed by atoms with E-state index in [2.05, 4.69) is 15.5 Å². The first-order chi connectivity index (χ1) is 11.6. The molecule has 2 N–H and O–H groups in total. The van der Waals surface area contributed by atoms with E-state index in [0.29, 0.717) is 30.9 Å². The molecule has 0 unspecified atom stereocenters. The van der Waals surface area contributed by atoms with Crippen LogP contribution in [0, 0.1) is 0 Å². The van der Waals surface area contributed by atoms with E-state index in [1.54, 1.807) is 18.1 Å². The molecule has 1 aliphatic heterocycles. The number of aromatic amines is 1. The molecule has 0 spiro atoms. The summed E-state index contributed by atoms with van der Waals surface area (Å²) in [5.41, 5.74) is 2.01. The SMILES string of the molecule is COc1ccc(-c2cc(C(=O)N3CCC(=O)NC[C@H]3C)[nH]n2)cc1. The molecule has 1 aliphatic rings. The molecule has 3 rings (SSSR count). The minimum absolute atomic E-state index is 0.0271. The molecule has 7 nitrogen and oxygen atoms in total. The summed E-state index contributed by atoms with van der Waals surface area (Å²) in [5.74, 6) is 0.591. The van der Waals surface area contributed by atoms with Gasteiger partial charge in [-0.25, -0.2) is 0 Å². The van der Waals surface area contributed by atoms with E-state index in [4.69, 9.17) is 4.74 Å². The van der Waals surface area contributed by atoms with Crippen LogP contribution in [0.15, 0.2) is 30.3 Å². The van der Waals surface area contributed by atoms with Gasteiger partial charge in [-0.2, -0.15) is 5.10 Å². The number of benzene rings is 1. The van der Waals surface area contributed by atoms with Crippen LogP contribution in [-0.2, 0) is 4.79 Å². The second-order valence-corrected chi connectivity index (χ2v) is 5.80. The van der Waals surface area contributed by atoms with Gasteiger partial charge in [-0.3, -0.25) is 14.7 Å². The molecule has 1 saturated heterocycles. The molecule has 24 heavy (non-hydrogen) atoms. The Balaban J connectivity index is 1.78. The Morgan fingerprint density at radius 1 is 1.33 bits per heavy atom. The molecular weight excluding hydrogens is 308 g/mol. The first kappa shape index (κ1) is 16.0. The third-order valence-electron chi connectivity index (χ3n) is 4.16. The minimum atomic E-state index is -0.147. The zero-order valence-electron chi connectivity index (χ0n) is 13.7. The minimum Gasteiger partial charge on any atom is -0.497 e. The molecular formula is C17H20N4O3. The number of H-pyrrole nitrogens is 1. The summed E-state index contributed by atoms with van der Waals surface area (Å²) in [6.45, 7) is 2.79. The standard InChI is InChI=1S/C17H20N4O3/c1-11-10-18-16(22)7-8-21(11)17(23)15-9-14(19-20-15)12-3-5-13(24-2)6-4-12/h3-6,9,11H,7-8,10H2,1-2H3,(H,18,22)(H,19,20)/t11-/m1/s1. The third-order valence-corrected chi connectivity index (χ3v) is 4.16. The van der Waals surface area contributed by atoms with Crippen LogP contribution in [0.4, 0.5) is 0 Å². The lowest BCUT2D eigenvalue weighted by Crippen LogP contribution is -2.41. The van der Waals surface area contributed by atoms with Gasteiger partial charge in [0, 0.05) is 31.1 Å². The van der Waals surface area contributed by atoms with E-state index in [1.165, 1.54) is 0 Å². The Morgan fingerprint density at radius 3 is 2.79 bits per heavy atom. The fourth-order valence-electron chi connectivity index (χ4n) is 2.70. The molecule has 2 heterocycles. The van der Waals surface area contributed by atoms with Gasteiger partial charge in [0.1, 0.15) is 11.4 Å². The second kappa shape index (κ2) is 6.74. The molecule has 0 aliphatic carbocycles. The van der Waals surface area contributed by atoms with Crippen LogP contribution in [0.2, 0.25) is 0 Å². The monoisotopic (exact) mass is 328 g/mol. The maximum Gasteiger partial charge on any atom is 0.272 e. The van der Waals surface area contributed by atoms with Crippen LogP contribution in [0.25, 0.3) is 11.3 Å². The van der Waals surface area contributed by atoms with Crippen LogP contribution in [0.1, 0.15) is 23.8 Å². The molecule has 1 fully saturated rings. The molecule has 2 aromatic rings. The lowest BCUT2D eigenvalue weighted by molar-refractivity contribution is -0.120. The number of carbonyl (C=O) groups excluding carboxylic acids is 2. The van der Waals surface area contributed by atoms with Crippen molar-refractivity contribution < 1.29 is 14.3 Å². The summed E-state index contributed by atoms with van der Waals surface area (Å²) in [6.07, 6.45) is 0.315. The Kier molecular flexibility index (Phi) is 4.50. The Morgan fingerprint density at radius 2 is 2.08 bits per heavy atom. The summed E-state index contributed by atoms with van der Waals surface area (Å²) in [7, 11) is 1.61. The number of ether oxygens (including phenoxy) is 1. The van der Waals surface area contributed by atoms with Crippen LogP contribution in [0.3, 0.4) is 0 Å². The highest BCUT2D eigenvalue weighted by Crippen LogP contribution is 2.22. The van der Waals surface area contributed by atoms with Gasteiger partial charge in [0.25, 0.3) is 5.91 Å². The molecule has 0 radical (unpaired) electrons. The van der Waals surface area contributed by atoms with Crippen molar-refractivity contribution in [1.29, 1.82) is 0 Å². The quantitative estimate of drug-likeness (QED) is 0.892. The summed E-state index contributed by atoms with van der Waals surface area (Å²) < 4.78 is 5.14. The molecule has 0 saturated carbocycles. The normalized spacial score (nSPS) is 18.0. The van der Waals surface area contributed by atoms with Crippen LogP contribution >= 0.6 is 0 Å². The van der Waals surface area contributed by atoms with Gasteiger partial charge >= 0.3 is 0 Å². The zero-order chi connectivity index (χ0) is 17.1. The van der Waals surface area contributed by atoms with E-state index in [9.17, 15) is 9.59 Å². The molecule has 126 valence electrons. The van der Waals surface area contributed by atoms with Gasteiger partial charge in [0.15, 0.2) is 0 Å². The molecule has 1 aromatic heterocycles. The number of hydrogen-bond acceptors (Lipinski definition) is 4. The van der Waals surface area contributed by atoms with Crippen LogP contribution in [-0.4, -0.2) is 53.2 Å². The van der Waals surface area contributed by atoms with Crippen molar-refractivity contribution in [2.45, 2.75) is 19.4 Å². The van der Waals surface area contributed by atoms with Crippen LogP contribution in [0.5, 0.6) is 5.75 Å². The number of carbonyl (C=O) groups is 2. The van der Waals surface area contributed by atoms with Crippen molar-refractivity contribution in [2.24, 2.45) is 0 Å². The number of methoxy groups -OCH3 is 1. The fraction of sp³-hybridized carbons (Fsp3) is 0.353. The van der Waals surface area contributed by atoms with Crippen molar-refractivity contribution in [2.75, 3.05) is 20.2 Å². The summed E-state index contributed by atoms with van der Waals surface area (Å²) in [6, 6.07) is 9.15. The smallest absolute Gasteiger partial charge is 0.272 e. The average molecular weight is 328 g/mol. The van der Waals surface area contributed by atoms with Gasteiger partial charge in [-0.05, 0) is 37.3 Å². The predicted molar refractivity (Wildman–Crippen MR) is 88.7 cm³/mol. The Labute approximate surface area is 140 Å². The molecule has 2 amide bonds. The number of amides is 2. The van der Waals surface area contributed by atoms with Crippen molar-refractivity contribution in [3.63, 3.8) is 0 Å². The number of aromatic nitrogens is 2. The van der Waals surface area contributed by atoms with Crippen molar-refractivity contribution in [3.05, 3.63) is 36.0 Å². The highest BCUT2D eigenvalue weighted by atomic mass is 16.5. The number of nitrogens with one attached hydrogen (secondary N) is 2. The van der Waals surface area contributed by atoms with E-state index in [1.807, 2.05) is 31.2 Å². The summed E-state index contributed by atoms with van der Waals surface area (Å²) in [5, 5.41) is 9.83. The van der Waals surface area contributed by atoms with E-state index in [0.717, 1.165) is 11.3 Å². The predicted octanol–water partition coefficient (Wildman–Crippen LogP) is 1.44. The summed E-state index contributed by atoms with van der Waals surface area (Å²) in [4.78, 5) is 25.9. The fourth-order valence-corrected chi connectivity index (χ4v) is 2.70. The van der Waals surface area contributed by atoms with Gasteiger partial charge in [0.05, 0.1) is 12.8 Å². The molecule has 0 bridgehead atoms. The van der Waals surface area contributed by atoms with E-state index >= 15 is 0 Å². The zero-order valence-corrected chi connectivity index (χ0v) is 13.7. The first-order valence-corrected chi connectivity index (χ1v) is 7.86. The third kappa shape index (κ3) is 3.24. The molecule has 1 aromatic carbocycles. The largest absolute Gasteiger partial charge is 0.497 e. The van der Waals surface area contributed by atoms with Crippen LogP contribution < -0.4 is 10.1 Å². The van der Waals surface area contributed by atoms with Crippen molar-refractivity contribution >= 4 is 11.8 Å². The van der Waals surface area contributed by atoms with Gasteiger partial charge < -0.3 is 15.0 Å². The number of nitrogens with zero attached hydrogens (tertiary/aromatic N) is 2. The van der Waals surface area contributed by atoms with Crippen molar-refractivity contribution in [1.82, 2.24) is 20.4 Å². The highest BCUT2D eigenvalue weighted by molar-refractivity contribution is 5.94. The Bertz CT molecular complexity index is 739. The maximum absolute atomic E-state index is 12.7. The van der Waals surface area contributed by atoms with E-state index in [-0.39, 0.29) is 17.9 Å². The lowest BCUT2D eigenvalue weighted by Gasteiger charge is -2.25. The van der Waals surface area contributed by atoms with E-state index < -0.39 is 0 Å². The van der Waals surface area contributed by atoms with Gasteiger partial charge in [-0.15, -0.1) is 0 Å².